The highest BCUT2D eigenvalue weighted by molar-refractivity contribution is 5.86. The SMILES string of the molecule is C=C(CN(CC)CC(C)CC)C(=O)O. The van der Waals surface area contributed by atoms with E-state index >= 15 is 0 Å². The van der Waals surface area contributed by atoms with Crippen molar-refractivity contribution in [2.45, 2.75) is 27.2 Å². The van der Waals surface area contributed by atoms with Gasteiger partial charge in [-0.3, -0.25) is 4.90 Å². The summed E-state index contributed by atoms with van der Waals surface area (Å²) in [4.78, 5) is 12.7. The fraction of sp³-hybridized carbons (Fsp3) is 0.727. The van der Waals surface area contributed by atoms with E-state index in [1.807, 2.05) is 6.92 Å². The fourth-order valence-electron chi connectivity index (χ4n) is 1.21. The van der Waals surface area contributed by atoms with Crippen molar-refractivity contribution in [3.8, 4) is 0 Å². The van der Waals surface area contributed by atoms with Crippen molar-refractivity contribution in [1.29, 1.82) is 0 Å². The lowest BCUT2D eigenvalue weighted by Crippen LogP contribution is -2.31. The zero-order valence-electron chi connectivity index (χ0n) is 9.42. The number of carboxylic acids is 1. The maximum absolute atomic E-state index is 10.6. The Morgan fingerprint density at radius 3 is 2.43 bits per heavy atom. The molecule has 1 unspecified atom stereocenters. The van der Waals surface area contributed by atoms with Crippen molar-refractivity contribution in [2.24, 2.45) is 5.92 Å². The van der Waals surface area contributed by atoms with Crippen LogP contribution in [-0.4, -0.2) is 35.6 Å². The molecule has 3 nitrogen and oxygen atoms in total. The summed E-state index contributed by atoms with van der Waals surface area (Å²) in [5.41, 5.74) is 0.273. The number of hydrogen-bond acceptors (Lipinski definition) is 2. The first-order valence-electron chi connectivity index (χ1n) is 5.14. The minimum Gasteiger partial charge on any atom is -0.478 e. The molecule has 0 heterocycles. The van der Waals surface area contributed by atoms with Crippen LogP contribution >= 0.6 is 0 Å². The average molecular weight is 199 g/mol. The quantitative estimate of drug-likeness (QED) is 0.637. The van der Waals surface area contributed by atoms with Gasteiger partial charge in [0.15, 0.2) is 0 Å². The molecule has 0 aliphatic rings. The Balaban J connectivity index is 4.02. The summed E-state index contributed by atoms with van der Waals surface area (Å²) >= 11 is 0. The standard InChI is InChI=1S/C11H21NO2/c1-5-9(3)7-12(6-2)8-10(4)11(13)14/h9H,4-8H2,1-3H3,(H,13,14). The number of aliphatic carboxylic acids is 1. The molecule has 0 saturated heterocycles. The highest BCUT2D eigenvalue weighted by atomic mass is 16.4. The molecule has 0 amide bonds. The van der Waals surface area contributed by atoms with Crippen LogP contribution in [-0.2, 0) is 4.79 Å². The van der Waals surface area contributed by atoms with Gasteiger partial charge in [0.25, 0.3) is 0 Å². The molecule has 0 aliphatic heterocycles. The summed E-state index contributed by atoms with van der Waals surface area (Å²) in [6.07, 6.45) is 1.12. The summed E-state index contributed by atoms with van der Waals surface area (Å²) in [5.74, 6) is -0.288. The second kappa shape index (κ2) is 6.60. The molecule has 0 aliphatic carbocycles. The first-order chi connectivity index (χ1) is 6.51. The van der Waals surface area contributed by atoms with Gasteiger partial charge in [0, 0.05) is 18.7 Å². The maximum Gasteiger partial charge on any atom is 0.332 e. The van der Waals surface area contributed by atoms with E-state index in [0.717, 1.165) is 19.5 Å². The topological polar surface area (TPSA) is 40.5 Å². The third kappa shape index (κ3) is 5.02. The Labute approximate surface area is 86.4 Å². The highest BCUT2D eigenvalue weighted by Gasteiger charge is 2.11. The Bertz CT molecular complexity index is 201. The van der Waals surface area contributed by atoms with Crippen LogP contribution in [0.3, 0.4) is 0 Å². The second-order valence-corrected chi connectivity index (χ2v) is 3.75. The Hall–Kier alpha value is -0.830. The van der Waals surface area contributed by atoms with E-state index in [2.05, 4.69) is 25.3 Å². The first-order valence-corrected chi connectivity index (χ1v) is 5.14. The minimum atomic E-state index is -0.896. The lowest BCUT2D eigenvalue weighted by molar-refractivity contribution is -0.132. The van der Waals surface area contributed by atoms with E-state index in [-0.39, 0.29) is 5.57 Å². The molecule has 0 aromatic heterocycles. The van der Waals surface area contributed by atoms with Crippen molar-refractivity contribution >= 4 is 5.97 Å². The van der Waals surface area contributed by atoms with Gasteiger partial charge in [0.05, 0.1) is 0 Å². The Kier molecular flexibility index (Phi) is 6.21. The number of nitrogens with zero attached hydrogens (tertiary/aromatic N) is 1. The van der Waals surface area contributed by atoms with Crippen LogP contribution in [0.15, 0.2) is 12.2 Å². The third-order valence-corrected chi connectivity index (χ3v) is 2.43. The van der Waals surface area contributed by atoms with Crippen LogP contribution in [0.5, 0.6) is 0 Å². The van der Waals surface area contributed by atoms with Crippen molar-refractivity contribution in [1.82, 2.24) is 4.90 Å². The number of rotatable bonds is 7. The van der Waals surface area contributed by atoms with Gasteiger partial charge in [-0.2, -0.15) is 0 Å². The van der Waals surface area contributed by atoms with Crippen molar-refractivity contribution in [2.75, 3.05) is 19.6 Å². The molecular weight excluding hydrogens is 178 g/mol. The molecule has 0 saturated carbocycles. The summed E-state index contributed by atoms with van der Waals surface area (Å²) < 4.78 is 0. The van der Waals surface area contributed by atoms with Gasteiger partial charge in [0.1, 0.15) is 0 Å². The second-order valence-electron chi connectivity index (χ2n) is 3.75. The molecule has 0 bridgehead atoms. The molecule has 0 spiro atoms. The van der Waals surface area contributed by atoms with E-state index in [1.54, 1.807) is 0 Å². The van der Waals surface area contributed by atoms with Gasteiger partial charge < -0.3 is 5.11 Å². The summed E-state index contributed by atoms with van der Waals surface area (Å²) in [7, 11) is 0. The van der Waals surface area contributed by atoms with Gasteiger partial charge in [-0.05, 0) is 12.5 Å². The van der Waals surface area contributed by atoms with E-state index in [4.69, 9.17) is 5.11 Å². The predicted octanol–water partition coefficient (Wildman–Crippen LogP) is 2.00. The molecule has 3 heteroatoms. The number of carbonyl (C=O) groups is 1. The molecule has 1 atom stereocenters. The van der Waals surface area contributed by atoms with Gasteiger partial charge in [0.2, 0.25) is 0 Å². The van der Waals surface area contributed by atoms with Crippen molar-refractivity contribution in [3.63, 3.8) is 0 Å². The minimum absolute atomic E-state index is 0.273. The molecule has 14 heavy (non-hydrogen) atoms. The van der Waals surface area contributed by atoms with Crippen LogP contribution in [0.25, 0.3) is 0 Å². The van der Waals surface area contributed by atoms with Gasteiger partial charge in [-0.25, -0.2) is 4.79 Å². The molecule has 82 valence electrons. The van der Waals surface area contributed by atoms with Crippen LogP contribution < -0.4 is 0 Å². The summed E-state index contributed by atoms with van der Waals surface area (Å²) in [6, 6.07) is 0. The van der Waals surface area contributed by atoms with Crippen LogP contribution in [0, 0.1) is 5.92 Å². The molecule has 1 N–H and O–H groups in total. The molecular formula is C11H21NO2. The van der Waals surface area contributed by atoms with Gasteiger partial charge >= 0.3 is 5.97 Å². The Morgan fingerprint density at radius 1 is 1.50 bits per heavy atom. The largest absolute Gasteiger partial charge is 0.478 e. The van der Waals surface area contributed by atoms with Crippen LogP contribution in [0.1, 0.15) is 27.2 Å². The Morgan fingerprint density at radius 2 is 2.07 bits per heavy atom. The lowest BCUT2D eigenvalue weighted by atomic mass is 10.1. The zero-order valence-corrected chi connectivity index (χ0v) is 9.42. The summed E-state index contributed by atoms with van der Waals surface area (Å²) in [5, 5.41) is 8.69. The highest BCUT2D eigenvalue weighted by Crippen LogP contribution is 2.06. The third-order valence-electron chi connectivity index (χ3n) is 2.43. The first kappa shape index (κ1) is 13.2. The monoisotopic (exact) mass is 199 g/mol. The normalized spacial score (nSPS) is 12.9. The van der Waals surface area contributed by atoms with Crippen molar-refractivity contribution in [3.05, 3.63) is 12.2 Å². The van der Waals surface area contributed by atoms with E-state index in [9.17, 15) is 4.79 Å². The smallest absolute Gasteiger partial charge is 0.332 e. The molecule has 0 radical (unpaired) electrons. The molecule has 0 fully saturated rings. The van der Waals surface area contributed by atoms with Gasteiger partial charge in [-0.1, -0.05) is 33.8 Å². The molecule has 0 aromatic carbocycles. The van der Waals surface area contributed by atoms with Crippen LogP contribution in [0.4, 0.5) is 0 Å². The number of likely N-dealkylation sites (N-methyl/N-ethyl adjacent to an activating group) is 1. The van der Waals surface area contributed by atoms with E-state index in [1.165, 1.54) is 0 Å². The lowest BCUT2D eigenvalue weighted by Gasteiger charge is -2.23. The number of hydrogen-bond donors (Lipinski definition) is 1. The van der Waals surface area contributed by atoms with E-state index < -0.39 is 5.97 Å². The maximum atomic E-state index is 10.6. The molecule has 0 aromatic rings. The zero-order chi connectivity index (χ0) is 11.1. The van der Waals surface area contributed by atoms with Gasteiger partial charge in [-0.15, -0.1) is 0 Å². The molecule has 0 rings (SSSR count). The van der Waals surface area contributed by atoms with Crippen molar-refractivity contribution < 1.29 is 9.90 Å². The summed E-state index contributed by atoms with van der Waals surface area (Å²) in [6.45, 7) is 12.2. The number of carboxylic acid groups (broad SMARTS) is 1. The predicted molar refractivity (Wildman–Crippen MR) is 58.3 cm³/mol. The fourth-order valence-corrected chi connectivity index (χ4v) is 1.21. The average Bonchev–Trinajstić information content (AvgIpc) is 2.16. The van der Waals surface area contributed by atoms with Crippen LogP contribution in [0.2, 0.25) is 0 Å². The van der Waals surface area contributed by atoms with E-state index in [0.29, 0.717) is 12.5 Å².